The molecule has 2 aromatic rings. The number of nitrogens with zero attached hydrogens (tertiary/aromatic N) is 1. The predicted molar refractivity (Wildman–Crippen MR) is 82.4 cm³/mol. The van der Waals surface area contributed by atoms with Crippen LogP contribution in [0.2, 0.25) is 5.15 Å². The molecule has 2 nitrogen and oxygen atoms in total. The molecule has 3 heteroatoms. The summed E-state index contributed by atoms with van der Waals surface area (Å²) in [5.41, 5.74) is 3.00. The fraction of sp³-hybridized carbons (Fsp3) is 0.294. The lowest BCUT2D eigenvalue weighted by molar-refractivity contribution is 0.0993. The van der Waals surface area contributed by atoms with Crippen LogP contribution in [0.25, 0.3) is 0 Å². The van der Waals surface area contributed by atoms with Gasteiger partial charge in [-0.2, -0.15) is 0 Å². The van der Waals surface area contributed by atoms with E-state index in [0.717, 1.165) is 5.56 Å². The van der Waals surface area contributed by atoms with Crippen molar-refractivity contribution in [2.24, 2.45) is 0 Å². The van der Waals surface area contributed by atoms with Crippen LogP contribution in [0.1, 0.15) is 42.3 Å². The van der Waals surface area contributed by atoms with Crippen LogP contribution < -0.4 is 0 Å². The zero-order chi connectivity index (χ0) is 14.8. The third-order valence-corrected chi connectivity index (χ3v) is 3.44. The number of benzene rings is 1. The van der Waals surface area contributed by atoms with Gasteiger partial charge in [-0.3, -0.25) is 4.79 Å². The average molecular weight is 288 g/mol. The van der Waals surface area contributed by atoms with Crippen LogP contribution in [-0.4, -0.2) is 10.8 Å². The number of hydrogen-bond donors (Lipinski definition) is 0. The van der Waals surface area contributed by atoms with E-state index in [2.05, 4.69) is 37.9 Å². The Bertz CT molecular complexity index is 612. The average Bonchev–Trinajstić information content (AvgIpc) is 2.38. The second kappa shape index (κ2) is 5.76. The standard InChI is InChI=1S/C17H18ClNO/c1-17(2,3)14-6-4-12(5-7-14)10-15(20)13-8-9-19-16(18)11-13/h4-9,11H,10H2,1-3H3. The number of Topliss-reactive ketones (excluding diaryl/α,β-unsaturated/α-hetero) is 1. The van der Waals surface area contributed by atoms with Crippen molar-refractivity contribution in [3.8, 4) is 0 Å². The van der Waals surface area contributed by atoms with Gasteiger partial charge in [0.05, 0.1) is 0 Å². The van der Waals surface area contributed by atoms with Crippen LogP contribution in [-0.2, 0) is 11.8 Å². The van der Waals surface area contributed by atoms with Gasteiger partial charge in [-0.25, -0.2) is 4.98 Å². The molecule has 0 unspecified atom stereocenters. The summed E-state index contributed by atoms with van der Waals surface area (Å²) in [4.78, 5) is 16.0. The normalized spacial score (nSPS) is 11.4. The summed E-state index contributed by atoms with van der Waals surface area (Å²) in [6.45, 7) is 6.52. The van der Waals surface area contributed by atoms with E-state index >= 15 is 0 Å². The molecule has 1 heterocycles. The molecule has 0 saturated carbocycles. The number of carbonyl (C=O) groups is 1. The minimum absolute atomic E-state index is 0.0535. The molecular weight excluding hydrogens is 270 g/mol. The van der Waals surface area contributed by atoms with Gasteiger partial charge in [0.25, 0.3) is 0 Å². The second-order valence-electron chi connectivity index (χ2n) is 5.91. The van der Waals surface area contributed by atoms with Crippen molar-refractivity contribution < 1.29 is 4.79 Å². The van der Waals surface area contributed by atoms with Crippen molar-refractivity contribution in [1.82, 2.24) is 4.98 Å². The summed E-state index contributed by atoms with van der Waals surface area (Å²) in [7, 11) is 0. The highest BCUT2D eigenvalue weighted by atomic mass is 35.5. The molecule has 0 aliphatic rings. The summed E-state index contributed by atoms with van der Waals surface area (Å²) < 4.78 is 0. The van der Waals surface area contributed by atoms with Gasteiger partial charge in [0, 0.05) is 18.2 Å². The summed E-state index contributed by atoms with van der Waals surface area (Å²) in [6, 6.07) is 11.5. The zero-order valence-corrected chi connectivity index (χ0v) is 12.7. The topological polar surface area (TPSA) is 30.0 Å². The molecule has 1 aromatic heterocycles. The molecule has 0 amide bonds. The molecule has 0 atom stereocenters. The van der Waals surface area contributed by atoms with E-state index in [1.807, 2.05) is 12.1 Å². The van der Waals surface area contributed by atoms with E-state index in [1.54, 1.807) is 18.3 Å². The molecule has 0 radical (unpaired) electrons. The van der Waals surface area contributed by atoms with E-state index in [9.17, 15) is 4.79 Å². The number of halogens is 1. The van der Waals surface area contributed by atoms with E-state index < -0.39 is 0 Å². The third-order valence-electron chi connectivity index (χ3n) is 3.23. The van der Waals surface area contributed by atoms with Crippen LogP contribution in [0, 0.1) is 0 Å². The summed E-state index contributed by atoms with van der Waals surface area (Å²) in [5, 5.41) is 0.346. The van der Waals surface area contributed by atoms with Crippen LogP contribution in [0.3, 0.4) is 0 Å². The number of pyridine rings is 1. The lowest BCUT2D eigenvalue weighted by Gasteiger charge is -2.19. The van der Waals surface area contributed by atoms with E-state index in [0.29, 0.717) is 17.1 Å². The highest BCUT2D eigenvalue weighted by Gasteiger charge is 2.14. The van der Waals surface area contributed by atoms with Crippen molar-refractivity contribution >= 4 is 17.4 Å². The number of ketones is 1. The van der Waals surface area contributed by atoms with Gasteiger partial charge in [-0.15, -0.1) is 0 Å². The Morgan fingerprint density at radius 1 is 1.15 bits per heavy atom. The molecule has 0 N–H and O–H groups in total. The number of aromatic nitrogens is 1. The maximum atomic E-state index is 12.2. The third kappa shape index (κ3) is 3.67. The first-order chi connectivity index (χ1) is 9.36. The molecular formula is C17H18ClNO. The van der Waals surface area contributed by atoms with Crippen molar-refractivity contribution in [2.45, 2.75) is 32.6 Å². The largest absolute Gasteiger partial charge is 0.294 e. The summed E-state index contributed by atoms with van der Waals surface area (Å²) >= 11 is 5.80. The van der Waals surface area contributed by atoms with Gasteiger partial charge in [0.1, 0.15) is 5.15 Å². The van der Waals surface area contributed by atoms with Crippen molar-refractivity contribution in [1.29, 1.82) is 0 Å². The molecule has 0 bridgehead atoms. The van der Waals surface area contributed by atoms with Crippen LogP contribution in [0.15, 0.2) is 42.6 Å². The first kappa shape index (κ1) is 14.7. The van der Waals surface area contributed by atoms with Crippen LogP contribution >= 0.6 is 11.6 Å². The first-order valence-electron chi connectivity index (χ1n) is 6.60. The summed E-state index contributed by atoms with van der Waals surface area (Å²) in [6.07, 6.45) is 1.93. The van der Waals surface area contributed by atoms with Gasteiger partial charge in [-0.1, -0.05) is 56.6 Å². The molecule has 0 spiro atoms. The molecule has 0 aliphatic heterocycles. The maximum Gasteiger partial charge on any atom is 0.167 e. The van der Waals surface area contributed by atoms with Gasteiger partial charge in [0.15, 0.2) is 5.78 Å². The SMILES string of the molecule is CC(C)(C)c1ccc(CC(=O)c2ccnc(Cl)c2)cc1. The van der Waals surface area contributed by atoms with E-state index in [-0.39, 0.29) is 11.2 Å². The Balaban J connectivity index is 2.12. The molecule has 1 aromatic carbocycles. The molecule has 20 heavy (non-hydrogen) atoms. The first-order valence-corrected chi connectivity index (χ1v) is 6.98. The Kier molecular flexibility index (Phi) is 4.24. The van der Waals surface area contributed by atoms with Crippen molar-refractivity contribution in [3.63, 3.8) is 0 Å². The van der Waals surface area contributed by atoms with Gasteiger partial charge < -0.3 is 0 Å². The van der Waals surface area contributed by atoms with Gasteiger partial charge in [0.2, 0.25) is 0 Å². The molecule has 104 valence electrons. The van der Waals surface area contributed by atoms with Gasteiger partial charge in [-0.05, 0) is 28.7 Å². The Morgan fingerprint density at radius 2 is 1.80 bits per heavy atom. The molecule has 0 fully saturated rings. The summed E-state index contributed by atoms with van der Waals surface area (Å²) in [5.74, 6) is 0.0535. The second-order valence-corrected chi connectivity index (χ2v) is 6.30. The fourth-order valence-electron chi connectivity index (χ4n) is 1.99. The molecule has 0 saturated heterocycles. The van der Waals surface area contributed by atoms with Crippen LogP contribution in [0.5, 0.6) is 0 Å². The monoisotopic (exact) mass is 287 g/mol. The molecule has 2 rings (SSSR count). The van der Waals surface area contributed by atoms with E-state index in [1.165, 1.54) is 5.56 Å². The quantitative estimate of drug-likeness (QED) is 0.616. The lowest BCUT2D eigenvalue weighted by Crippen LogP contribution is -2.11. The number of carbonyl (C=O) groups excluding carboxylic acids is 1. The van der Waals surface area contributed by atoms with Crippen LogP contribution in [0.4, 0.5) is 0 Å². The van der Waals surface area contributed by atoms with Gasteiger partial charge >= 0.3 is 0 Å². The zero-order valence-electron chi connectivity index (χ0n) is 12.0. The minimum Gasteiger partial charge on any atom is -0.294 e. The molecule has 0 aliphatic carbocycles. The highest BCUT2D eigenvalue weighted by molar-refractivity contribution is 6.29. The fourth-order valence-corrected chi connectivity index (χ4v) is 2.16. The van der Waals surface area contributed by atoms with Crippen molar-refractivity contribution in [3.05, 3.63) is 64.4 Å². The Morgan fingerprint density at radius 3 is 2.35 bits per heavy atom. The Hall–Kier alpha value is -1.67. The number of rotatable bonds is 3. The van der Waals surface area contributed by atoms with E-state index in [4.69, 9.17) is 11.6 Å². The Labute approximate surface area is 124 Å². The number of hydrogen-bond acceptors (Lipinski definition) is 2. The maximum absolute atomic E-state index is 12.2. The van der Waals surface area contributed by atoms with Crippen molar-refractivity contribution in [2.75, 3.05) is 0 Å². The highest BCUT2D eigenvalue weighted by Crippen LogP contribution is 2.22. The predicted octanol–water partition coefficient (Wildman–Crippen LogP) is 4.46. The minimum atomic E-state index is 0.0535. The smallest absolute Gasteiger partial charge is 0.167 e. The lowest BCUT2D eigenvalue weighted by atomic mass is 9.86.